The van der Waals surface area contributed by atoms with Crippen LogP contribution in [-0.4, -0.2) is 18.0 Å². The van der Waals surface area contributed by atoms with E-state index in [1.807, 2.05) is 20.8 Å². The molecule has 1 atom stereocenters. The van der Waals surface area contributed by atoms with E-state index in [9.17, 15) is 9.59 Å². The molecule has 0 fully saturated rings. The van der Waals surface area contributed by atoms with Gasteiger partial charge >= 0.3 is 11.9 Å². The molecule has 0 radical (unpaired) electrons. The van der Waals surface area contributed by atoms with E-state index < -0.39 is 5.97 Å². The molecular formula is C17H22Cl2O4. The van der Waals surface area contributed by atoms with Gasteiger partial charge in [-0.25, -0.2) is 0 Å². The van der Waals surface area contributed by atoms with Gasteiger partial charge in [0, 0.05) is 17.9 Å². The van der Waals surface area contributed by atoms with Crippen molar-refractivity contribution >= 4 is 35.1 Å². The van der Waals surface area contributed by atoms with E-state index in [0.717, 1.165) is 6.42 Å². The molecule has 6 heteroatoms. The summed E-state index contributed by atoms with van der Waals surface area (Å²) in [7, 11) is 0. The maximum atomic E-state index is 11.8. The molecule has 23 heavy (non-hydrogen) atoms. The monoisotopic (exact) mass is 360 g/mol. The van der Waals surface area contributed by atoms with Crippen molar-refractivity contribution in [2.24, 2.45) is 5.92 Å². The van der Waals surface area contributed by atoms with Gasteiger partial charge < -0.3 is 9.47 Å². The van der Waals surface area contributed by atoms with E-state index in [4.69, 9.17) is 32.7 Å². The van der Waals surface area contributed by atoms with Gasteiger partial charge in [0.1, 0.15) is 11.9 Å². The number of esters is 2. The number of benzene rings is 1. The van der Waals surface area contributed by atoms with Crippen LogP contribution in [0.5, 0.6) is 5.75 Å². The lowest BCUT2D eigenvalue weighted by molar-refractivity contribution is -0.151. The zero-order valence-corrected chi connectivity index (χ0v) is 15.1. The van der Waals surface area contributed by atoms with Crippen LogP contribution in [0, 0.1) is 5.92 Å². The van der Waals surface area contributed by atoms with E-state index in [2.05, 4.69) is 0 Å². The Morgan fingerprint density at radius 1 is 1.13 bits per heavy atom. The molecule has 0 aliphatic heterocycles. The van der Waals surface area contributed by atoms with Crippen molar-refractivity contribution in [3.05, 3.63) is 28.2 Å². The molecule has 1 aromatic rings. The lowest BCUT2D eigenvalue weighted by Gasteiger charge is -2.19. The summed E-state index contributed by atoms with van der Waals surface area (Å²) in [5, 5.41) is 0.737. The van der Waals surface area contributed by atoms with Crippen LogP contribution in [-0.2, 0) is 14.3 Å². The molecule has 0 aliphatic carbocycles. The molecule has 1 rings (SSSR count). The molecule has 0 aromatic heterocycles. The predicted molar refractivity (Wildman–Crippen MR) is 91.0 cm³/mol. The van der Waals surface area contributed by atoms with Crippen molar-refractivity contribution in [1.29, 1.82) is 0 Å². The Kier molecular flexibility index (Phi) is 8.42. The summed E-state index contributed by atoms with van der Waals surface area (Å²) < 4.78 is 10.5. The van der Waals surface area contributed by atoms with Gasteiger partial charge in [0.15, 0.2) is 0 Å². The van der Waals surface area contributed by atoms with Crippen LogP contribution in [0.15, 0.2) is 18.2 Å². The molecule has 0 saturated carbocycles. The highest BCUT2D eigenvalue weighted by Gasteiger charge is 2.16. The first-order valence-corrected chi connectivity index (χ1v) is 8.44. The maximum absolute atomic E-state index is 11.8. The average Bonchev–Trinajstić information content (AvgIpc) is 2.47. The van der Waals surface area contributed by atoms with Gasteiger partial charge in [0.05, 0.1) is 5.02 Å². The fraction of sp³-hybridized carbons (Fsp3) is 0.529. The van der Waals surface area contributed by atoms with Crippen molar-refractivity contribution in [3.8, 4) is 5.75 Å². The van der Waals surface area contributed by atoms with E-state index in [0.29, 0.717) is 11.4 Å². The Balaban J connectivity index is 2.35. The van der Waals surface area contributed by atoms with Crippen molar-refractivity contribution in [2.45, 2.75) is 52.6 Å². The molecule has 0 saturated heterocycles. The van der Waals surface area contributed by atoms with Crippen LogP contribution in [0.3, 0.4) is 0 Å². The molecule has 128 valence electrons. The molecule has 1 unspecified atom stereocenters. The van der Waals surface area contributed by atoms with Crippen molar-refractivity contribution < 1.29 is 19.1 Å². The third-order valence-electron chi connectivity index (χ3n) is 3.31. The van der Waals surface area contributed by atoms with Crippen molar-refractivity contribution in [2.75, 3.05) is 0 Å². The van der Waals surface area contributed by atoms with Gasteiger partial charge in [0.2, 0.25) is 0 Å². The van der Waals surface area contributed by atoms with Crippen molar-refractivity contribution in [3.63, 3.8) is 0 Å². The maximum Gasteiger partial charge on any atom is 0.311 e. The number of hydrogen-bond donors (Lipinski definition) is 0. The summed E-state index contributed by atoms with van der Waals surface area (Å²) in [4.78, 5) is 23.5. The quantitative estimate of drug-likeness (QED) is 0.480. The predicted octanol–water partition coefficient (Wildman–Crippen LogP) is 5.05. The van der Waals surface area contributed by atoms with Gasteiger partial charge in [-0.1, -0.05) is 44.0 Å². The highest BCUT2D eigenvalue weighted by atomic mass is 35.5. The Morgan fingerprint density at radius 2 is 1.78 bits per heavy atom. The van der Waals surface area contributed by atoms with Crippen molar-refractivity contribution in [1.82, 2.24) is 0 Å². The van der Waals surface area contributed by atoms with Crippen LogP contribution in [0.2, 0.25) is 10.0 Å². The number of halogens is 2. The lowest BCUT2D eigenvalue weighted by atomic mass is 10.1. The number of ether oxygens (including phenoxy) is 2. The summed E-state index contributed by atoms with van der Waals surface area (Å²) in [6.45, 7) is 5.99. The Morgan fingerprint density at radius 3 is 2.35 bits per heavy atom. The standard InChI is InChI=1S/C17H22Cl2O4/c1-4-14(11(2)3)22-16(20)6-5-7-17(21)23-15-9-8-12(18)10-13(15)19/h8-11,14H,4-7H2,1-3H3. The molecule has 0 amide bonds. The Bertz CT molecular complexity index is 543. The summed E-state index contributed by atoms with van der Waals surface area (Å²) in [5.41, 5.74) is 0. The Hall–Kier alpha value is -1.26. The second-order valence-corrected chi connectivity index (χ2v) is 6.43. The fourth-order valence-electron chi connectivity index (χ4n) is 2.03. The summed E-state index contributed by atoms with van der Waals surface area (Å²) in [5.74, 6) is -0.198. The van der Waals surface area contributed by atoms with Gasteiger partial charge in [0.25, 0.3) is 0 Å². The number of carbonyl (C=O) groups excluding carboxylic acids is 2. The van der Waals surface area contributed by atoms with Crippen LogP contribution >= 0.6 is 23.2 Å². The van der Waals surface area contributed by atoms with Gasteiger partial charge in [-0.05, 0) is 37.0 Å². The Labute approximate surface area is 147 Å². The fourth-order valence-corrected chi connectivity index (χ4v) is 2.47. The first-order chi connectivity index (χ1) is 10.8. The lowest BCUT2D eigenvalue weighted by Crippen LogP contribution is -2.22. The molecule has 0 N–H and O–H groups in total. The van der Waals surface area contributed by atoms with Gasteiger partial charge in [-0.15, -0.1) is 0 Å². The van der Waals surface area contributed by atoms with Gasteiger partial charge in [-0.3, -0.25) is 9.59 Å². The molecule has 0 bridgehead atoms. The molecule has 1 aromatic carbocycles. The topological polar surface area (TPSA) is 52.6 Å². The van der Waals surface area contributed by atoms with Crippen LogP contribution in [0.4, 0.5) is 0 Å². The third kappa shape index (κ3) is 7.23. The highest BCUT2D eigenvalue weighted by Crippen LogP contribution is 2.27. The number of hydrogen-bond acceptors (Lipinski definition) is 4. The first kappa shape index (κ1) is 19.8. The van der Waals surface area contributed by atoms with Crippen LogP contribution < -0.4 is 4.74 Å². The zero-order valence-electron chi connectivity index (χ0n) is 13.6. The molecule has 0 spiro atoms. The van der Waals surface area contributed by atoms with E-state index in [1.54, 1.807) is 6.07 Å². The highest BCUT2D eigenvalue weighted by molar-refractivity contribution is 6.35. The third-order valence-corrected chi connectivity index (χ3v) is 3.84. The second-order valence-electron chi connectivity index (χ2n) is 5.58. The molecular weight excluding hydrogens is 339 g/mol. The SMILES string of the molecule is CCC(OC(=O)CCCC(=O)Oc1ccc(Cl)cc1Cl)C(C)C. The van der Waals surface area contributed by atoms with Crippen LogP contribution in [0.1, 0.15) is 46.5 Å². The minimum Gasteiger partial charge on any atom is -0.462 e. The summed E-state index contributed by atoms with van der Waals surface area (Å²) in [6, 6.07) is 4.62. The summed E-state index contributed by atoms with van der Waals surface area (Å²) >= 11 is 11.7. The van der Waals surface area contributed by atoms with E-state index in [-0.39, 0.29) is 41.6 Å². The molecule has 0 heterocycles. The second kappa shape index (κ2) is 9.78. The molecule has 0 aliphatic rings. The van der Waals surface area contributed by atoms with E-state index in [1.165, 1.54) is 12.1 Å². The average molecular weight is 361 g/mol. The summed E-state index contributed by atoms with van der Waals surface area (Å²) in [6.07, 6.45) is 1.37. The number of rotatable bonds is 8. The number of carbonyl (C=O) groups is 2. The normalized spacial score (nSPS) is 12.1. The minimum atomic E-state index is -0.446. The van der Waals surface area contributed by atoms with Gasteiger partial charge in [-0.2, -0.15) is 0 Å². The van der Waals surface area contributed by atoms with Crippen LogP contribution in [0.25, 0.3) is 0 Å². The van der Waals surface area contributed by atoms with E-state index >= 15 is 0 Å². The zero-order chi connectivity index (χ0) is 17.4. The minimum absolute atomic E-state index is 0.0812. The largest absolute Gasteiger partial charge is 0.462 e. The first-order valence-electron chi connectivity index (χ1n) is 7.68. The molecule has 4 nitrogen and oxygen atoms in total. The smallest absolute Gasteiger partial charge is 0.311 e.